The lowest BCUT2D eigenvalue weighted by Crippen LogP contribution is -2.22. The number of hydrogen-bond acceptors (Lipinski definition) is 3. The Balaban J connectivity index is 1.81. The highest BCUT2D eigenvalue weighted by atomic mass is 79.9. The number of aryl methyl sites for hydroxylation is 1. The number of ether oxygens (including phenoxy) is 1. The van der Waals surface area contributed by atoms with Gasteiger partial charge in [-0.25, -0.2) is 0 Å². The van der Waals surface area contributed by atoms with E-state index in [-0.39, 0.29) is 18.5 Å². The second-order valence-electron chi connectivity index (χ2n) is 5.67. The summed E-state index contributed by atoms with van der Waals surface area (Å²) in [7, 11) is 0. The zero-order valence-corrected chi connectivity index (χ0v) is 15.6. The molecule has 1 amide bonds. The largest absolute Gasteiger partial charge is 0.456 e. The van der Waals surface area contributed by atoms with Crippen molar-refractivity contribution in [1.82, 2.24) is 0 Å². The third-order valence-corrected chi connectivity index (χ3v) is 5.00. The molecule has 0 aromatic heterocycles. The molecule has 1 saturated carbocycles. The van der Waals surface area contributed by atoms with Crippen LogP contribution in [0.15, 0.2) is 21.1 Å². The third kappa shape index (κ3) is 5.09. The van der Waals surface area contributed by atoms with Crippen LogP contribution in [0, 0.1) is 12.8 Å². The van der Waals surface area contributed by atoms with E-state index in [2.05, 4.69) is 37.2 Å². The zero-order chi connectivity index (χ0) is 16.1. The van der Waals surface area contributed by atoms with E-state index in [0.717, 1.165) is 27.4 Å². The van der Waals surface area contributed by atoms with E-state index in [1.165, 1.54) is 12.8 Å². The maximum Gasteiger partial charge on any atom is 0.306 e. The normalized spacial score (nSPS) is 14.9. The predicted molar refractivity (Wildman–Crippen MR) is 92.7 cm³/mol. The number of rotatable bonds is 5. The number of amides is 1. The molecule has 1 aliphatic rings. The average Bonchev–Trinajstić information content (AvgIpc) is 2.93. The summed E-state index contributed by atoms with van der Waals surface area (Å²) in [6.45, 7) is 1.71. The lowest BCUT2D eigenvalue weighted by molar-refractivity contribution is -0.148. The van der Waals surface area contributed by atoms with Gasteiger partial charge in [0.15, 0.2) is 6.61 Å². The first-order chi connectivity index (χ1) is 10.5. The lowest BCUT2D eigenvalue weighted by atomic mass is 10.1. The maximum absolute atomic E-state index is 11.9. The summed E-state index contributed by atoms with van der Waals surface area (Å²) in [5.41, 5.74) is 1.71. The molecule has 0 atom stereocenters. The Kier molecular flexibility index (Phi) is 6.44. The fourth-order valence-corrected chi connectivity index (χ4v) is 4.26. The monoisotopic (exact) mass is 431 g/mol. The molecule has 1 fully saturated rings. The predicted octanol–water partition coefficient (Wildman–Crippen LogP) is 4.58. The number of benzene rings is 1. The van der Waals surface area contributed by atoms with Gasteiger partial charge in [0.25, 0.3) is 5.91 Å². The summed E-state index contributed by atoms with van der Waals surface area (Å²) in [4.78, 5) is 23.6. The van der Waals surface area contributed by atoms with Crippen LogP contribution in [0.1, 0.15) is 37.7 Å². The molecule has 4 nitrogen and oxygen atoms in total. The Morgan fingerprint density at radius 1 is 1.23 bits per heavy atom. The molecule has 1 N–H and O–H groups in total. The topological polar surface area (TPSA) is 55.4 Å². The fourth-order valence-electron chi connectivity index (χ4n) is 2.65. The van der Waals surface area contributed by atoms with Crippen molar-refractivity contribution < 1.29 is 14.3 Å². The molecule has 2 rings (SSSR count). The van der Waals surface area contributed by atoms with E-state index in [4.69, 9.17) is 4.74 Å². The van der Waals surface area contributed by atoms with E-state index in [1.54, 1.807) is 0 Å². The second-order valence-corrected chi connectivity index (χ2v) is 7.38. The van der Waals surface area contributed by atoms with Crippen molar-refractivity contribution in [3.8, 4) is 0 Å². The van der Waals surface area contributed by atoms with Crippen LogP contribution in [0.25, 0.3) is 0 Å². The molecule has 1 aromatic rings. The molecule has 120 valence electrons. The zero-order valence-electron chi connectivity index (χ0n) is 12.5. The van der Waals surface area contributed by atoms with Crippen LogP contribution in [0.5, 0.6) is 0 Å². The van der Waals surface area contributed by atoms with E-state index in [1.807, 2.05) is 19.1 Å². The number of carbonyl (C=O) groups is 2. The summed E-state index contributed by atoms with van der Waals surface area (Å²) < 4.78 is 6.62. The Bertz CT molecular complexity index is 546. The van der Waals surface area contributed by atoms with Gasteiger partial charge in [-0.05, 0) is 75.2 Å². The minimum Gasteiger partial charge on any atom is -0.456 e. The summed E-state index contributed by atoms with van der Waals surface area (Å²) in [6.07, 6.45) is 4.97. The van der Waals surface area contributed by atoms with Crippen molar-refractivity contribution in [3.05, 3.63) is 26.6 Å². The standard InChI is InChI=1S/C16H19Br2NO3/c1-10-6-12(17)16(13(18)7-10)19-14(20)9-22-15(21)8-11-4-2-3-5-11/h6-7,11H,2-5,8-9H2,1H3,(H,19,20). The quantitative estimate of drug-likeness (QED) is 0.692. The molecule has 22 heavy (non-hydrogen) atoms. The van der Waals surface area contributed by atoms with E-state index >= 15 is 0 Å². The van der Waals surface area contributed by atoms with Crippen molar-refractivity contribution in [1.29, 1.82) is 0 Å². The Morgan fingerprint density at radius 2 is 1.82 bits per heavy atom. The Morgan fingerprint density at radius 3 is 2.41 bits per heavy atom. The first-order valence-corrected chi connectivity index (χ1v) is 8.95. The summed E-state index contributed by atoms with van der Waals surface area (Å²) in [5, 5.41) is 2.74. The fraction of sp³-hybridized carbons (Fsp3) is 0.500. The minimum absolute atomic E-state index is 0.252. The van der Waals surface area contributed by atoms with Crippen molar-refractivity contribution in [2.75, 3.05) is 11.9 Å². The second kappa shape index (κ2) is 8.11. The molecule has 1 aliphatic carbocycles. The highest BCUT2D eigenvalue weighted by Gasteiger charge is 2.20. The molecule has 0 unspecified atom stereocenters. The first kappa shape index (κ1) is 17.5. The third-order valence-electron chi connectivity index (χ3n) is 3.75. The van der Waals surface area contributed by atoms with Crippen LogP contribution < -0.4 is 5.32 Å². The van der Waals surface area contributed by atoms with Gasteiger partial charge in [0.2, 0.25) is 0 Å². The van der Waals surface area contributed by atoms with E-state index in [9.17, 15) is 9.59 Å². The van der Waals surface area contributed by atoms with Crippen LogP contribution in [0.3, 0.4) is 0 Å². The van der Waals surface area contributed by atoms with Crippen LogP contribution in [0.4, 0.5) is 5.69 Å². The number of anilines is 1. The van der Waals surface area contributed by atoms with Gasteiger partial charge < -0.3 is 10.1 Å². The molecule has 0 saturated heterocycles. The molecule has 0 heterocycles. The molecular weight excluding hydrogens is 414 g/mol. The van der Waals surface area contributed by atoms with Gasteiger partial charge in [0.1, 0.15) is 0 Å². The van der Waals surface area contributed by atoms with Crippen LogP contribution >= 0.6 is 31.9 Å². The summed E-state index contributed by atoms with van der Waals surface area (Å²) in [6, 6.07) is 3.82. The van der Waals surface area contributed by atoms with Crippen LogP contribution in [0.2, 0.25) is 0 Å². The van der Waals surface area contributed by atoms with Crippen LogP contribution in [-0.2, 0) is 14.3 Å². The molecular formula is C16H19Br2NO3. The van der Waals surface area contributed by atoms with Gasteiger partial charge in [-0.15, -0.1) is 0 Å². The van der Waals surface area contributed by atoms with Gasteiger partial charge in [0.05, 0.1) is 5.69 Å². The van der Waals surface area contributed by atoms with Gasteiger partial charge in [-0.1, -0.05) is 12.8 Å². The van der Waals surface area contributed by atoms with Crippen molar-refractivity contribution in [2.24, 2.45) is 5.92 Å². The van der Waals surface area contributed by atoms with Gasteiger partial charge >= 0.3 is 5.97 Å². The molecule has 1 aromatic carbocycles. The minimum atomic E-state index is -0.343. The number of esters is 1. The van der Waals surface area contributed by atoms with Gasteiger partial charge in [-0.3, -0.25) is 9.59 Å². The SMILES string of the molecule is Cc1cc(Br)c(NC(=O)COC(=O)CC2CCCC2)c(Br)c1. The number of nitrogens with one attached hydrogen (secondary N) is 1. The Labute approximate surface area is 147 Å². The Hall–Kier alpha value is -0.880. The molecule has 0 aliphatic heterocycles. The molecule has 0 spiro atoms. The van der Waals surface area contributed by atoms with E-state index in [0.29, 0.717) is 18.0 Å². The molecule has 6 heteroatoms. The summed E-state index contributed by atoms with van der Waals surface area (Å²) in [5.74, 6) is -0.204. The average molecular weight is 433 g/mol. The number of hydrogen-bond donors (Lipinski definition) is 1. The van der Waals surface area contributed by atoms with Gasteiger partial charge in [0, 0.05) is 15.4 Å². The lowest BCUT2D eigenvalue weighted by Gasteiger charge is -2.12. The number of halogens is 2. The van der Waals surface area contributed by atoms with Crippen molar-refractivity contribution in [2.45, 2.75) is 39.0 Å². The smallest absolute Gasteiger partial charge is 0.306 e. The highest BCUT2D eigenvalue weighted by molar-refractivity contribution is 9.11. The molecule has 0 bridgehead atoms. The van der Waals surface area contributed by atoms with Crippen molar-refractivity contribution >= 4 is 49.4 Å². The molecule has 0 radical (unpaired) electrons. The van der Waals surface area contributed by atoms with Crippen LogP contribution in [-0.4, -0.2) is 18.5 Å². The van der Waals surface area contributed by atoms with Crippen molar-refractivity contribution in [3.63, 3.8) is 0 Å². The van der Waals surface area contributed by atoms with E-state index < -0.39 is 0 Å². The first-order valence-electron chi connectivity index (χ1n) is 7.37. The summed E-state index contributed by atoms with van der Waals surface area (Å²) >= 11 is 6.82. The maximum atomic E-state index is 11.9. The van der Waals surface area contributed by atoms with Gasteiger partial charge in [-0.2, -0.15) is 0 Å². The highest BCUT2D eigenvalue weighted by Crippen LogP contribution is 2.32. The number of carbonyl (C=O) groups excluding carboxylic acids is 2.